The van der Waals surface area contributed by atoms with Gasteiger partial charge in [0.15, 0.2) is 0 Å². The molecule has 4 heteroatoms. The Morgan fingerprint density at radius 2 is 2.33 bits per heavy atom. The van der Waals surface area contributed by atoms with E-state index in [0.29, 0.717) is 12.3 Å². The van der Waals surface area contributed by atoms with Crippen molar-refractivity contribution in [2.24, 2.45) is 0 Å². The quantitative estimate of drug-likeness (QED) is 0.746. The van der Waals surface area contributed by atoms with Crippen molar-refractivity contribution in [2.45, 2.75) is 13.0 Å². The van der Waals surface area contributed by atoms with Crippen LogP contribution in [0.4, 0.5) is 5.82 Å². The second-order valence-corrected chi connectivity index (χ2v) is 3.41. The van der Waals surface area contributed by atoms with Crippen LogP contribution in [0.15, 0.2) is 18.2 Å². The Morgan fingerprint density at radius 3 is 2.93 bits per heavy atom. The van der Waals surface area contributed by atoms with Crippen molar-refractivity contribution in [3.8, 4) is 6.07 Å². The molecule has 0 N–H and O–H groups in total. The molecule has 0 aliphatic rings. The molecule has 0 aliphatic carbocycles. The summed E-state index contributed by atoms with van der Waals surface area (Å²) in [4.78, 5) is 6.19. The first kappa shape index (κ1) is 11.5. The zero-order valence-electron chi connectivity index (χ0n) is 9.27. The summed E-state index contributed by atoms with van der Waals surface area (Å²) in [6, 6.07) is 7.66. The maximum Gasteiger partial charge on any atom is 0.142 e. The summed E-state index contributed by atoms with van der Waals surface area (Å²) in [6.07, 6.45) is 0. The van der Waals surface area contributed by atoms with E-state index in [2.05, 4.69) is 4.98 Å². The molecule has 0 saturated carbocycles. The van der Waals surface area contributed by atoms with Gasteiger partial charge in [-0.1, -0.05) is 6.07 Å². The highest BCUT2D eigenvalue weighted by atomic mass is 16.5. The standard InChI is InChI=1S/C11H15N3O/c1-9(8-15-3)14(2)11-6-4-5-10(7-12)13-11/h4-6,9H,8H2,1-3H3. The summed E-state index contributed by atoms with van der Waals surface area (Å²) < 4.78 is 5.07. The molecule has 0 bridgehead atoms. The van der Waals surface area contributed by atoms with E-state index in [0.717, 1.165) is 5.82 Å². The van der Waals surface area contributed by atoms with Crippen LogP contribution in [-0.4, -0.2) is 31.8 Å². The highest BCUT2D eigenvalue weighted by Crippen LogP contribution is 2.12. The SMILES string of the molecule is COCC(C)N(C)c1cccc(C#N)n1. The highest BCUT2D eigenvalue weighted by molar-refractivity contribution is 5.41. The minimum atomic E-state index is 0.233. The van der Waals surface area contributed by atoms with Crippen molar-refractivity contribution < 1.29 is 4.74 Å². The molecule has 1 aromatic heterocycles. The Kier molecular flexibility index (Phi) is 4.07. The summed E-state index contributed by atoms with van der Waals surface area (Å²) in [5, 5.41) is 8.73. The highest BCUT2D eigenvalue weighted by Gasteiger charge is 2.10. The van der Waals surface area contributed by atoms with Crippen molar-refractivity contribution in [1.29, 1.82) is 5.26 Å². The second kappa shape index (κ2) is 5.32. The molecule has 15 heavy (non-hydrogen) atoms. The Bertz CT molecular complexity index is 359. The number of anilines is 1. The summed E-state index contributed by atoms with van der Waals surface area (Å²) in [5.41, 5.74) is 0.434. The molecule has 1 unspecified atom stereocenters. The molecule has 1 aromatic rings. The summed E-state index contributed by atoms with van der Waals surface area (Å²) in [7, 11) is 3.61. The normalized spacial score (nSPS) is 11.9. The molecule has 0 radical (unpaired) electrons. The number of aromatic nitrogens is 1. The van der Waals surface area contributed by atoms with E-state index in [-0.39, 0.29) is 6.04 Å². The van der Waals surface area contributed by atoms with Gasteiger partial charge in [0.1, 0.15) is 17.6 Å². The van der Waals surface area contributed by atoms with E-state index in [1.807, 2.05) is 37.1 Å². The number of likely N-dealkylation sites (N-methyl/N-ethyl adjacent to an activating group) is 1. The first-order valence-corrected chi connectivity index (χ1v) is 4.78. The third-order valence-corrected chi connectivity index (χ3v) is 2.28. The molecular weight excluding hydrogens is 190 g/mol. The minimum absolute atomic E-state index is 0.233. The van der Waals surface area contributed by atoms with Crippen LogP contribution in [0, 0.1) is 11.3 Å². The zero-order valence-corrected chi connectivity index (χ0v) is 9.27. The van der Waals surface area contributed by atoms with Crippen molar-refractivity contribution in [3.05, 3.63) is 23.9 Å². The van der Waals surface area contributed by atoms with Crippen LogP contribution in [-0.2, 0) is 4.74 Å². The van der Waals surface area contributed by atoms with Gasteiger partial charge in [0.2, 0.25) is 0 Å². The van der Waals surface area contributed by atoms with Crippen LogP contribution >= 0.6 is 0 Å². The number of nitrogens with zero attached hydrogens (tertiary/aromatic N) is 3. The number of hydrogen-bond donors (Lipinski definition) is 0. The summed E-state index contributed by atoms with van der Waals surface area (Å²) in [6.45, 7) is 2.68. The smallest absolute Gasteiger partial charge is 0.142 e. The van der Waals surface area contributed by atoms with Crippen LogP contribution in [0.1, 0.15) is 12.6 Å². The molecule has 0 saturated heterocycles. The third kappa shape index (κ3) is 2.93. The molecule has 0 aromatic carbocycles. The molecule has 0 amide bonds. The lowest BCUT2D eigenvalue weighted by atomic mass is 10.3. The predicted octanol–water partition coefficient (Wildman–Crippen LogP) is 1.42. The fourth-order valence-corrected chi connectivity index (χ4v) is 1.26. The Balaban J connectivity index is 2.82. The van der Waals surface area contributed by atoms with Gasteiger partial charge >= 0.3 is 0 Å². The maximum atomic E-state index is 8.73. The average Bonchev–Trinajstić information content (AvgIpc) is 2.28. The van der Waals surface area contributed by atoms with E-state index in [1.165, 1.54) is 0 Å². The van der Waals surface area contributed by atoms with Crippen molar-refractivity contribution in [3.63, 3.8) is 0 Å². The van der Waals surface area contributed by atoms with Crippen molar-refractivity contribution in [1.82, 2.24) is 4.98 Å². The Labute approximate surface area is 90.1 Å². The summed E-state index contributed by atoms with van der Waals surface area (Å²) >= 11 is 0. The van der Waals surface area contributed by atoms with Crippen LogP contribution < -0.4 is 4.90 Å². The van der Waals surface area contributed by atoms with Gasteiger partial charge in [-0.05, 0) is 19.1 Å². The van der Waals surface area contributed by atoms with E-state index in [9.17, 15) is 0 Å². The predicted molar refractivity (Wildman–Crippen MR) is 58.7 cm³/mol. The molecule has 4 nitrogen and oxygen atoms in total. The molecule has 1 atom stereocenters. The largest absolute Gasteiger partial charge is 0.383 e. The Morgan fingerprint density at radius 1 is 1.60 bits per heavy atom. The third-order valence-electron chi connectivity index (χ3n) is 2.28. The average molecular weight is 205 g/mol. The lowest BCUT2D eigenvalue weighted by Crippen LogP contribution is -2.33. The maximum absolute atomic E-state index is 8.73. The van der Waals surface area contributed by atoms with Crippen molar-refractivity contribution in [2.75, 3.05) is 25.7 Å². The monoisotopic (exact) mass is 205 g/mol. The molecule has 0 fully saturated rings. The molecule has 1 heterocycles. The number of nitriles is 1. The van der Waals surface area contributed by atoms with Gasteiger partial charge in [0.05, 0.1) is 12.6 Å². The van der Waals surface area contributed by atoms with Crippen LogP contribution in [0.2, 0.25) is 0 Å². The topological polar surface area (TPSA) is 49.1 Å². The zero-order chi connectivity index (χ0) is 11.3. The lowest BCUT2D eigenvalue weighted by Gasteiger charge is -2.25. The molecule has 0 spiro atoms. The van der Waals surface area contributed by atoms with E-state index in [4.69, 9.17) is 10.00 Å². The number of ether oxygens (including phenoxy) is 1. The number of hydrogen-bond acceptors (Lipinski definition) is 4. The van der Waals surface area contributed by atoms with Gasteiger partial charge in [0.25, 0.3) is 0 Å². The van der Waals surface area contributed by atoms with E-state index in [1.54, 1.807) is 13.2 Å². The fourth-order valence-electron chi connectivity index (χ4n) is 1.26. The molecule has 0 aliphatic heterocycles. The number of pyridine rings is 1. The van der Waals surface area contributed by atoms with Gasteiger partial charge in [-0.2, -0.15) is 5.26 Å². The van der Waals surface area contributed by atoms with Gasteiger partial charge < -0.3 is 9.64 Å². The second-order valence-electron chi connectivity index (χ2n) is 3.41. The van der Waals surface area contributed by atoms with E-state index < -0.39 is 0 Å². The number of rotatable bonds is 4. The van der Waals surface area contributed by atoms with Gasteiger partial charge in [-0.15, -0.1) is 0 Å². The molecule has 1 rings (SSSR count). The van der Waals surface area contributed by atoms with Crippen LogP contribution in [0.25, 0.3) is 0 Å². The number of methoxy groups -OCH3 is 1. The molecule has 80 valence electrons. The Hall–Kier alpha value is -1.60. The van der Waals surface area contributed by atoms with Crippen molar-refractivity contribution >= 4 is 5.82 Å². The minimum Gasteiger partial charge on any atom is -0.383 e. The fraction of sp³-hybridized carbons (Fsp3) is 0.455. The summed E-state index contributed by atoms with van der Waals surface area (Å²) in [5.74, 6) is 0.790. The van der Waals surface area contributed by atoms with Gasteiger partial charge in [-0.25, -0.2) is 4.98 Å². The molecular formula is C11H15N3O. The van der Waals surface area contributed by atoms with E-state index >= 15 is 0 Å². The van der Waals surface area contributed by atoms with Gasteiger partial charge in [-0.3, -0.25) is 0 Å². The first-order valence-electron chi connectivity index (χ1n) is 4.78. The van der Waals surface area contributed by atoms with Crippen LogP contribution in [0.3, 0.4) is 0 Å². The lowest BCUT2D eigenvalue weighted by molar-refractivity contribution is 0.183. The first-order chi connectivity index (χ1) is 7.19. The van der Waals surface area contributed by atoms with Crippen LogP contribution in [0.5, 0.6) is 0 Å². The van der Waals surface area contributed by atoms with Gasteiger partial charge in [0, 0.05) is 14.2 Å².